The number of nitrogens with one attached hydrogen (secondary N) is 1. The van der Waals surface area contributed by atoms with Crippen LogP contribution in [-0.2, 0) is 0 Å². The highest BCUT2D eigenvalue weighted by Gasteiger charge is 2.16. The van der Waals surface area contributed by atoms with Crippen molar-refractivity contribution in [3.05, 3.63) is 12.5 Å². The summed E-state index contributed by atoms with van der Waals surface area (Å²) in [7, 11) is 0. The minimum atomic E-state index is -2.70. The van der Waals surface area contributed by atoms with Crippen LogP contribution in [0.4, 0.5) is 14.7 Å². The number of imidazole rings is 1. The number of aromatic nitrogens is 4. The predicted octanol–water partition coefficient (Wildman–Crippen LogP) is 1.79. The quantitative estimate of drug-likeness (QED) is 0.867. The van der Waals surface area contributed by atoms with Crippen LogP contribution in [-0.4, -0.2) is 36.8 Å². The SMILES string of the molecule is CC[C@H](Nc1ncc2ncn(C(F)F)c2n1)[C@@H](C)O. The van der Waals surface area contributed by atoms with E-state index in [2.05, 4.69) is 20.3 Å². The number of hydrogen-bond donors (Lipinski definition) is 2. The lowest BCUT2D eigenvalue weighted by Gasteiger charge is -2.19. The monoisotopic (exact) mass is 271 g/mol. The van der Waals surface area contributed by atoms with E-state index in [0.717, 1.165) is 6.33 Å². The summed E-state index contributed by atoms with van der Waals surface area (Å²) in [5.74, 6) is 0.197. The molecule has 0 unspecified atom stereocenters. The first-order valence-corrected chi connectivity index (χ1v) is 5.95. The molecule has 0 saturated carbocycles. The first-order chi connectivity index (χ1) is 9.02. The fraction of sp³-hybridized carbons (Fsp3) is 0.545. The molecule has 0 aliphatic carbocycles. The lowest BCUT2D eigenvalue weighted by molar-refractivity contribution is 0.0740. The Hall–Kier alpha value is -1.83. The molecule has 19 heavy (non-hydrogen) atoms. The Morgan fingerprint density at radius 2 is 2.16 bits per heavy atom. The molecule has 0 aliphatic rings. The maximum atomic E-state index is 12.7. The fourth-order valence-corrected chi connectivity index (χ4v) is 1.77. The molecule has 6 nitrogen and oxygen atoms in total. The van der Waals surface area contributed by atoms with Crippen LogP contribution in [0.15, 0.2) is 12.5 Å². The lowest BCUT2D eigenvalue weighted by Crippen LogP contribution is -2.31. The Labute approximate surface area is 108 Å². The van der Waals surface area contributed by atoms with Gasteiger partial charge < -0.3 is 10.4 Å². The summed E-state index contributed by atoms with van der Waals surface area (Å²) in [4.78, 5) is 11.8. The Bertz CT molecular complexity index is 557. The van der Waals surface area contributed by atoms with Crippen molar-refractivity contribution in [1.82, 2.24) is 19.5 Å². The van der Waals surface area contributed by atoms with E-state index in [9.17, 15) is 13.9 Å². The molecule has 104 valence electrons. The van der Waals surface area contributed by atoms with Crippen molar-refractivity contribution >= 4 is 17.1 Å². The maximum absolute atomic E-state index is 12.7. The van der Waals surface area contributed by atoms with Gasteiger partial charge in [0.05, 0.1) is 18.3 Å². The van der Waals surface area contributed by atoms with Crippen LogP contribution < -0.4 is 5.32 Å². The van der Waals surface area contributed by atoms with Crippen molar-refractivity contribution in [3.8, 4) is 0 Å². The van der Waals surface area contributed by atoms with Crippen molar-refractivity contribution in [2.45, 2.75) is 39.0 Å². The first kappa shape index (κ1) is 13.6. The first-order valence-electron chi connectivity index (χ1n) is 5.95. The fourth-order valence-electron chi connectivity index (χ4n) is 1.77. The zero-order valence-corrected chi connectivity index (χ0v) is 10.6. The van der Waals surface area contributed by atoms with Gasteiger partial charge in [-0.3, -0.25) is 4.57 Å². The normalized spacial score (nSPS) is 14.8. The summed E-state index contributed by atoms with van der Waals surface area (Å²) in [6.45, 7) is 0.835. The molecule has 0 fully saturated rings. The lowest BCUT2D eigenvalue weighted by atomic mass is 10.1. The van der Waals surface area contributed by atoms with Crippen LogP contribution in [0.3, 0.4) is 0 Å². The molecular formula is C11H15F2N5O. The number of fused-ring (bicyclic) bond motifs is 1. The van der Waals surface area contributed by atoms with E-state index in [1.807, 2.05) is 6.92 Å². The molecule has 0 aromatic carbocycles. The summed E-state index contributed by atoms with van der Waals surface area (Å²) in [5.41, 5.74) is 0.365. The van der Waals surface area contributed by atoms with Gasteiger partial charge in [0, 0.05) is 0 Å². The number of aliphatic hydroxyl groups is 1. The highest BCUT2D eigenvalue weighted by atomic mass is 19.3. The molecule has 2 atom stereocenters. The second-order valence-electron chi connectivity index (χ2n) is 4.23. The number of aliphatic hydroxyl groups excluding tert-OH is 1. The molecule has 0 bridgehead atoms. The smallest absolute Gasteiger partial charge is 0.321 e. The van der Waals surface area contributed by atoms with E-state index >= 15 is 0 Å². The minimum Gasteiger partial charge on any atom is -0.391 e. The molecular weight excluding hydrogens is 256 g/mol. The average molecular weight is 271 g/mol. The van der Waals surface area contributed by atoms with Gasteiger partial charge in [-0.1, -0.05) is 6.92 Å². The zero-order chi connectivity index (χ0) is 14.0. The highest BCUT2D eigenvalue weighted by Crippen LogP contribution is 2.18. The van der Waals surface area contributed by atoms with Gasteiger partial charge in [0.2, 0.25) is 5.95 Å². The number of hydrogen-bond acceptors (Lipinski definition) is 5. The van der Waals surface area contributed by atoms with E-state index < -0.39 is 12.7 Å². The molecule has 2 aromatic rings. The third-order valence-electron chi connectivity index (χ3n) is 2.86. The summed E-state index contributed by atoms with van der Waals surface area (Å²) in [5, 5.41) is 12.5. The van der Waals surface area contributed by atoms with Crippen molar-refractivity contribution in [3.63, 3.8) is 0 Å². The van der Waals surface area contributed by atoms with Gasteiger partial charge in [0.1, 0.15) is 11.8 Å². The largest absolute Gasteiger partial charge is 0.391 e. The average Bonchev–Trinajstić information content (AvgIpc) is 2.78. The van der Waals surface area contributed by atoms with E-state index in [-0.39, 0.29) is 17.6 Å². The zero-order valence-electron chi connectivity index (χ0n) is 10.6. The van der Waals surface area contributed by atoms with Crippen LogP contribution in [0.2, 0.25) is 0 Å². The van der Waals surface area contributed by atoms with Gasteiger partial charge in [-0.15, -0.1) is 0 Å². The second-order valence-corrected chi connectivity index (χ2v) is 4.23. The summed E-state index contributed by atoms with van der Waals surface area (Å²) < 4.78 is 26.1. The number of anilines is 1. The van der Waals surface area contributed by atoms with Gasteiger partial charge >= 0.3 is 6.55 Å². The van der Waals surface area contributed by atoms with Gasteiger partial charge in [-0.05, 0) is 13.3 Å². The van der Waals surface area contributed by atoms with E-state index in [1.54, 1.807) is 6.92 Å². The molecule has 2 N–H and O–H groups in total. The van der Waals surface area contributed by atoms with Crippen LogP contribution in [0.1, 0.15) is 26.8 Å². The number of halogens is 2. The summed E-state index contributed by atoms with van der Waals surface area (Å²) >= 11 is 0. The van der Waals surface area contributed by atoms with Crippen molar-refractivity contribution in [1.29, 1.82) is 0 Å². The van der Waals surface area contributed by atoms with Gasteiger partial charge in [0.15, 0.2) is 5.65 Å². The Kier molecular flexibility index (Phi) is 3.89. The molecule has 0 amide bonds. The summed E-state index contributed by atoms with van der Waals surface area (Å²) in [6, 6.07) is -0.236. The third-order valence-corrected chi connectivity index (χ3v) is 2.86. The maximum Gasteiger partial charge on any atom is 0.321 e. The van der Waals surface area contributed by atoms with Crippen LogP contribution in [0, 0.1) is 0 Å². The topological polar surface area (TPSA) is 75.9 Å². The third kappa shape index (κ3) is 2.78. The molecule has 2 aromatic heterocycles. The van der Waals surface area contributed by atoms with E-state index in [1.165, 1.54) is 6.20 Å². The molecule has 0 spiro atoms. The Balaban J connectivity index is 2.32. The predicted molar refractivity (Wildman–Crippen MR) is 66.0 cm³/mol. The molecule has 8 heteroatoms. The highest BCUT2D eigenvalue weighted by molar-refractivity contribution is 5.70. The van der Waals surface area contributed by atoms with Crippen LogP contribution in [0.25, 0.3) is 11.2 Å². The van der Waals surface area contributed by atoms with Gasteiger partial charge in [0.25, 0.3) is 0 Å². The van der Waals surface area contributed by atoms with Gasteiger partial charge in [-0.25, -0.2) is 9.97 Å². The molecule has 2 rings (SSSR count). The second kappa shape index (κ2) is 5.43. The minimum absolute atomic E-state index is 0.0629. The molecule has 0 saturated heterocycles. The number of alkyl halides is 2. The van der Waals surface area contributed by atoms with Crippen molar-refractivity contribution < 1.29 is 13.9 Å². The summed E-state index contributed by atoms with van der Waals surface area (Å²) in [6.07, 6.45) is 2.47. The van der Waals surface area contributed by atoms with E-state index in [0.29, 0.717) is 16.5 Å². The molecule has 0 radical (unpaired) electrons. The Morgan fingerprint density at radius 3 is 2.74 bits per heavy atom. The van der Waals surface area contributed by atoms with E-state index in [4.69, 9.17) is 0 Å². The molecule has 0 aliphatic heterocycles. The van der Waals surface area contributed by atoms with Crippen molar-refractivity contribution in [2.24, 2.45) is 0 Å². The standard InChI is InChI=1S/C11H15F2N5O/c1-3-7(6(2)19)16-11-14-4-8-9(17-11)18(5-15-8)10(12)13/h4-7,10,19H,3H2,1-2H3,(H,14,16,17)/t6-,7+/m1/s1. The Morgan fingerprint density at radius 1 is 1.42 bits per heavy atom. The van der Waals surface area contributed by atoms with Crippen molar-refractivity contribution in [2.75, 3.05) is 5.32 Å². The van der Waals surface area contributed by atoms with Gasteiger partial charge in [-0.2, -0.15) is 13.8 Å². The number of nitrogens with zero attached hydrogens (tertiary/aromatic N) is 4. The number of rotatable bonds is 5. The van der Waals surface area contributed by atoms with Crippen LogP contribution in [0.5, 0.6) is 0 Å². The van der Waals surface area contributed by atoms with Crippen LogP contribution >= 0.6 is 0 Å². The molecule has 2 heterocycles.